The van der Waals surface area contributed by atoms with Crippen LogP contribution in [0, 0.1) is 11.8 Å². The van der Waals surface area contributed by atoms with E-state index in [0.717, 1.165) is 19.3 Å². The predicted octanol–water partition coefficient (Wildman–Crippen LogP) is 4.95. The molecule has 2 atom stereocenters. The van der Waals surface area contributed by atoms with Crippen LogP contribution in [0.1, 0.15) is 96.8 Å². The fraction of sp³-hybridized carbons (Fsp3) is 0.850. The van der Waals surface area contributed by atoms with Gasteiger partial charge in [0.25, 0.3) is 0 Å². The molecule has 152 valence electrons. The van der Waals surface area contributed by atoms with Crippen molar-refractivity contribution in [3.05, 3.63) is 0 Å². The van der Waals surface area contributed by atoms with E-state index in [1.54, 1.807) is 0 Å². The molecule has 0 aliphatic rings. The standard InChI is InChI=1S/C20H36O6/c1-2-3-4-5-6-7-8-9-10-11-12-13-14-16(19(23)24)17(20(25)26)15-18(21)22/h16-17H,2-15H2,1H3,(H,21,22)(H,23,24)(H,25,26). The minimum absolute atomic E-state index is 0.219. The third-order valence-electron chi connectivity index (χ3n) is 4.88. The van der Waals surface area contributed by atoms with Crippen LogP contribution in [0.4, 0.5) is 0 Å². The summed E-state index contributed by atoms with van der Waals surface area (Å²) in [6, 6.07) is 0. The molecule has 0 aliphatic carbocycles. The van der Waals surface area contributed by atoms with Gasteiger partial charge in [-0.05, 0) is 6.42 Å². The fourth-order valence-corrected chi connectivity index (χ4v) is 3.29. The number of hydrogen-bond acceptors (Lipinski definition) is 3. The zero-order valence-corrected chi connectivity index (χ0v) is 16.1. The van der Waals surface area contributed by atoms with Crippen molar-refractivity contribution in [1.82, 2.24) is 0 Å². The minimum Gasteiger partial charge on any atom is -0.481 e. The maximum Gasteiger partial charge on any atom is 0.307 e. The Labute approximate surface area is 157 Å². The minimum atomic E-state index is -1.36. The summed E-state index contributed by atoms with van der Waals surface area (Å²) < 4.78 is 0. The molecule has 0 aromatic heterocycles. The second-order valence-electron chi connectivity index (χ2n) is 7.17. The summed E-state index contributed by atoms with van der Waals surface area (Å²) in [7, 11) is 0. The van der Waals surface area contributed by atoms with Gasteiger partial charge in [-0.15, -0.1) is 0 Å². The van der Waals surface area contributed by atoms with Gasteiger partial charge in [-0.3, -0.25) is 14.4 Å². The van der Waals surface area contributed by atoms with E-state index in [1.807, 2.05) is 0 Å². The lowest BCUT2D eigenvalue weighted by atomic mass is 9.85. The molecular formula is C20H36O6. The van der Waals surface area contributed by atoms with Crippen LogP contribution in [-0.4, -0.2) is 33.2 Å². The molecular weight excluding hydrogens is 336 g/mol. The van der Waals surface area contributed by atoms with Crippen LogP contribution in [-0.2, 0) is 14.4 Å². The molecule has 2 unspecified atom stereocenters. The number of carboxylic acid groups (broad SMARTS) is 3. The van der Waals surface area contributed by atoms with E-state index < -0.39 is 36.2 Å². The highest BCUT2D eigenvalue weighted by atomic mass is 16.4. The quantitative estimate of drug-likeness (QED) is 0.293. The van der Waals surface area contributed by atoms with Crippen molar-refractivity contribution in [2.75, 3.05) is 0 Å². The van der Waals surface area contributed by atoms with E-state index in [-0.39, 0.29) is 6.42 Å². The van der Waals surface area contributed by atoms with Gasteiger partial charge in [0.2, 0.25) is 0 Å². The predicted molar refractivity (Wildman–Crippen MR) is 100 cm³/mol. The summed E-state index contributed by atoms with van der Waals surface area (Å²) in [5.74, 6) is -6.34. The summed E-state index contributed by atoms with van der Waals surface area (Å²) in [6.07, 6.45) is 13.4. The third-order valence-corrected chi connectivity index (χ3v) is 4.88. The molecule has 0 aliphatic heterocycles. The normalized spacial score (nSPS) is 13.3. The van der Waals surface area contributed by atoms with Crippen LogP contribution in [0.5, 0.6) is 0 Å². The lowest BCUT2D eigenvalue weighted by Crippen LogP contribution is -2.31. The molecule has 0 bridgehead atoms. The Bertz CT molecular complexity index is 407. The van der Waals surface area contributed by atoms with Gasteiger partial charge < -0.3 is 15.3 Å². The van der Waals surface area contributed by atoms with E-state index >= 15 is 0 Å². The first-order valence-corrected chi connectivity index (χ1v) is 10.1. The topological polar surface area (TPSA) is 112 Å². The van der Waals surface area contributed by atoms with Gasteiger partial charge in [-0.2, -0.15) is 0 Å². The van der Waals surface area contributed by atoms with Crippen molar-refractivity contribution < 1.29 is 29.7 Å². The zero-order valence-electron chi connectivity index (χ0n) is 16.1. The fourth-order valence-electron chi connectivity index (χ4n) is 3.29. The molecule has 6 heteroatoms. The van der Waals surface area contributed by atoms with Crippen LogP contribution < -0.4 is 0 Å². The summed E-state index contributed by atoms with van der Waals surface area (Å²) in [4.78, 5) is 33.2. The van der Waals surface area contributed by atoms with E-state index in [4.69, 9.17) is 10.2 Å². The Kier molecular flexibility index (Phi) is 14.7. The highest BCUT2D eigenvalue weighted by Gasteiger charge is 2.34. The van der Waals surface area contributed by atoms with Crippen LogP contribution in [0.25, 0.3) is 0 Å². The number of hydrogen-bond donors (Lipinski definition) is 3. The second kappa shape index (κ2) is 15.6. The SMILES string of the molecule is CCCCCCCCCCCCCCC(C(=O)O)C(CC(=O)O)C(=O)O. The first-order chi connectivity index (χ1) is 12.4. The largest absolute Gasteiger partial charge is 0.481 e. The molecule has 6 nitrogen and oxygen atoms in total. The van der Waals surface area contributed by atoms with E-state index in [2.05, 4.69) is 6.92 Å². The zero-order chi connectivity index (χ0) is 19.8. The number of carboxylic acids is 3. The lowest BCUT2D eigenvalue weighted by Gasteiger charge is -2.18. The first kappa shape index (κ1) is 24.4. The molecule has 0 rings (SSSR count). The van der Waals surface area contributed by atoms with Gasteiger partial charge in [0.05, 0.1) is 18.3 Å². The van der Waals surface area contributed by atoms with Crippen LogP contribution >= 0.6 is 0 Å². The Hall–Kier alpha value is -1.59. The lowest BCUT2D eigenvalue weighted by molar-refractivity contribution is -0.157. The van der Waals surface area contributed by atoms with Crippen LogP contribution in [0.2, 0.25) is 0 Å². The van der Waals surface area contributed by atoms with E-state index in [9.17, 15) is 19.5 Å². The highest BCUT2D eigenvalue weighted by molar-refractivity contribution is 5.83. The molecule has 0 aromatic carbocycles. The molecule has 3 N–H and O–H groups in total. The Morgan fingerprint density at radius 1 is 0.615 bits per heavy atom. The van der Waals surface area contributed by atoms with Gasteiger partial charge >= 0.3 is 17.9 Å². The van der Waals surface area contributed by atoms with Crippen molar-refractivity contribution in [3.8, 4) is 0 Å². The average Bonchev–Trinajstić information content (AvgIpc) is 2.57. The maximum absolute atomic E-state index is 11.3. The van der Waals surface area contributed by atoms with E-state index in [1.165, 1.54) is 51.4 Å². The van der Waals surface area contributed by atoms with Crippen molar-refractivity contribution in [1.29, 1.82) is 0 Å². The van der Waals surface area contributed by atoms with Crippen molar-refractivity contribution in [2.45, 2.75) is 96.8 Å². The van der Waals surface area contributed by atoms with Gasteiger partial charge in [-0.1, -0.05) is 84.0 Å². The van der Waals surface area contributed by atoms with Gasteiger partial charge in [0, 0.05) is 0 Å². The molecule has 0 saturated carbocycles. The van der Waals surface area contributed by atoms with Crippen LogP contribution in [0.3, 0.4) is 0 Å². The number of unbranched alkanes of at least 4 members (excludes halogenated alkanes) is 11. The highest BCUT2D eigenvalue weighted by Crippen LogP contribution is 2.24. The number of rotatable bonds is 18. The molecule has 0 radical (unpaired) electrons. The summed E-state index contributed by atoms with van der Waals surface area (Å²) in [6.45, 7) is 2.21. The van der Waals surface area contributed by atoms with Crippen LogP contribution in [0.15, 0.2) is 0 Å². The number of aliphatic carboxylic acids is 3. The summed E-state index contributed by atoms with van der Waals surface area (Å²) in [5.41, 5.74) is 0. The molecule has 0 spiro atoms. The molecule has 0 saturated heterocycles. The average molecular weight is 373 g/mol. The monoisotopic (exact) mass is 372 g/mol. The molecule has 0 fully saturated rings. The second-order valence-corrected chi connectivity index (χ2v) is 7.17. The smallest absolute Gasteiger partial charge is 0.307 e. The maximum atomic E-state index is 11.3. The van der Waals surface area contributed by atoms with E-state index in [0.29, 0.717) is 6.42 Å². The van der Waals surface area contributed by atoms with Crippen molar-refractivity contribution in [2.24, 2.45) is 11.8 Å². The van der Waals surface area contributed by atoms with Gasteiger partial charge in [-0.25, -0.2) is 0 Å². The molecule has 0 aromatic rings. The first-order valence-electron chi connectivity index (χ1n) is 10.1. The Morgan fingerprint density at radius 3 is 1.35 bits per heavy atom. The van der Waals surface area contributed by atoms with Gasteiger partial charge in [0.1, 0.15) is 0 Å². The molecule has 0 heterocycles. The van der Waals surface area contributed by atoms with Gasteiger partial charge in [0.15, 0.2) is 0 Å². The Morgan fingerprint density at radius 2 is 1.00 bits per heavy atom. The van der Waals surface area contributed by atoms with Crippen molar-refractivity contribution in [3.63, 3.8) is 0 Å². The Balaban J connectivity index is 3.85. The third kappa shape index (κ3) is 12.7. The number of carbonyl (C=O) groups is 3. The summed E-state index contributed by atoms with van der Waals surface area (Å²) in [5, 5.41) is 27.1. The molecule has 0 amide bonds. The summed E-state index contributed by atoms with van der Waals surface area (Å²) >= 11 is 0. The van der Waals surface area contributed by atoms with Crippen molar-refractivity contribution >= 4 is 17.9 Å². The molecule has 26 heavy (non-hydrogen) atoms.